The van der Waals surface area contributed by atoms with Crippen LogP contribution in [0.25, 0.3) is 0 Å². The van der Waals surface area contributed by atoms with Gasteiger partial charge in [0.25, 0.3) is 0 Å². The molecule has 0 heterocycles. The van der Waals surface area contributed by atoms with Gasteiger partial charge in [-0.1, -0.05) is 25.7 Å². The summed E-state index contributed by atoms with van der Waals surface area (Å²) in [5.41, 5.74) is -0.569. The highest BCUT2D eigenvalue weighted by atomic mass is 16.5. The first-order chi connectivity index (χ1) is 11.1. The molecule has 0 saturated heterocycles. The van der Waals surface area contributed by atoms with Gasteiger partial charge in [-0.15, -0.1) is 0 Å². The van der Waals surface area contributed by atoms with E-state index >= 15 is 0 Å². The van der Waals surface area contributed by atoms with Crippen LogP contribution in [0.4, 0.5) is 0 Å². The lowest BCUT2D eigenvalue weighted by Crippen LogP contribution is -2.68. The van der Waals surface area contributed by atoms with Gasteiger partial charge in [-0.05, 0) is 63.7 Å². The van der Waals surface area contributed by atoms with E-state index in [1.54, 1.807) is 0 Å². The van der Waals surface area contributed by atoms with Crippen molar-refractivity contribution in [3.05, 3.63) is 0 Å². The van der Waals surface area contributed by atoms with Gasteiger partial charge < -0.3 is 4.74 Å². The molecule has 4 aliphatic carbocycles. The number of esters is 1. The lowest BCUT2D eigenvalue weighted by atomic mass is 9.32. The highest BCUT2D eigenvalue weighted by molar-refractivity contribution is 5.91. The summed E-state index contributed by atoms with van der Waals surface area (Å²) in [4.78, 5) is 26.3. The first-order valence-corrected chi connectivity index (χ1v) is 9.83. The molecule has 0 N–H and O–H groups in total. The van der Waals surface area contributed by atoms with Crippen LogP contribution in [-0.4, -0.2) is 18.4 Å². The minimum Gasteiger partial charge on any atom is -0.466 e. The topological polar surface area (TPSA) is 43.4 Å². The SMILES string of the molecule is CCOC(=O)C1(C2(C3(C(=O)C4CCC4)CCC3)CCC2)CCC1. The predicted molar refractivity (Wildman–Crippen MR) is 87.8 cm³/mol. The summed E-state index contributed by atoms with van der Waals surface area (Å²) in [5.74, 6) is 0.844. The van der Waals surface area contributed by atoms with Crippen molar-refractivity contribution in [3.8, 4) is 0 Å². The maximum atomic E-state index is 13.4. The molecule has 0 atom stereocenters. The number of hydrogen-bond donors (Lipinski definition) is 0. The molecule has 0 aromatic carbocycles. The molecule has 4 saturated carbocycles. The first kappa shape index (κ1) is 15.7. The molecule has 0 bridgehead atoms. The third-order valence-corrected chi connectivity index (χ3v) is 8.07. The lowest BCUT2D eigenvalue weighted by molar-refractivity contribution is -0.227. The fourth-order valence-corrected chi connectivity index (χ4v) is 6.18. The average molecular weight is 318 g/mol. The molecule has 4 fully saturated rings. The van der Waals surface area contributed by atoms with Crippen LogP contribution < -0.4 is 0 Å². The number of carbonyl (C=O) groups excluding carboxylic acids is 2. The Morgan fingerprint density at radius 1 is 0.870 bits per heavy atom. The van der Waals surface area contributed by atoms with Gasteiger partial charge in [0.05, 0.1) is 12.0 Å². The smallest absolute Gasteiger partial charge is 0.312 e. The Hall–Kier alpha value is -0.860. The lowest BCUT2D eigenvalue weighted by Gasteiger charge is -2.69. The van der Waals surface area contributed by atoms with Gasteiger partial charge in [0.1, 0.15) is 5.78 Å². The summed E-state index contributed by atoms with van der Waals surface area (Å²) < 4.78 is 5.53. The molecule has 128 valence electrons. The number of Topliss-reactive ketones (excluding diaryl/α,β-unsaturated/α-hetero) is 1. The van der Waals surface area contributed by atoms with Gasteiger partial charge in [-0.3, -0.25) is 9.59 Å². The summed E-state index contributed by atoms with van der Waals surface area (Å²) in [7, 11) is 0. The Balaban J connectivity index is 1.70. The van der Waals surface area contributed by atoms with Gasteiger partial charge in [0, 0.05) is 11.3 Å². The van der Waals surface area contributed by atoms with Crippen LogP contribution in [0.15, 0.2) is 0 Å². The molecule has 4 aliphatic rings. The monoisotopic (exact) mass is 318 g/mol. The molecule has 0 unspecified atom stereocenters. The van der Waals surface area contributed by atoms with E-state index in [0.29, 0.717) is 18.3 Å². The van der Waals surface area contributed by atoms with Crippen molar-refractivity contribution in [3.63, 3.8) is 0 Å². The van der Waals surface area contributed by atoms with Gasteiger partial charge in [0.15, 0.2) is 0 Å². The maximum absolute atomic E-state index is 13.4. The zero-order valence-corrected chi connectivity index (χ0v) is 14.5. The summed E-state index contributed by atoms with van der Waals surface area (Å²) >= 11 is 0. The Morgan fingerprint density at radius 2 is 1.43 bits per heavy atom. The van der Waals surface area contributed by atoms with Crippen molar-refractivity contribution >= 4 is 11.8 Å². The number of rotatable bonds is 6. The molecule has 0 spiro atoms. The van der Waals surface area contributed by atoms with Crippen molar-refractivity contribution in [2.75, 3.05) is 6.61 Å². The van der Waals surface area contributed by atoms with E-state index in [2.05, 4.69) is 0 Å². The second kappa shape index (κ2) is 5.32. The molecule has 23 heavy (non-hydrogen) atoms. The molecule has 0 aromatic rings. The van der Waals surface area contributed by atoms with Crippen LogP contribution in [0.5, 0.6) is 0 Å². The van der Waals surface area contributed by atoms with E-state index in [1.807, 2.05) is 6.92 Å². The van der Waals surface area contributed by atoms with Gasteiger partial charge in [-0.2, -0.15) is 0 Å². The van der Waals surface area contributed by atoms with Crippen molar-refractivity contribution in [2.24, 2.45) is 22.2 Å². The minimum atomic E-state index is -0.332. The molecule has 0 aromatic heterocycles. The standard InChI is InChI=1S/C20H30O3/c1-2-23-17(22)19(11-5-12-19)20(13-6-14-20)18(9-4-10-18)16(21)15-7-3-8-15/h15H,2-14H2,1H3. The Morgan fingerprint density at radius 3 is 1.74 bits per heavy atom. The van der Waals surface area contributed by atoms with E-state index in [4.69, 9.17) is 4.74 Å². The fraction of sp³-hybridized carbons (Fsp3) is 0.900. The second-order valence-corrected chi connectivity index (χ2v) is 8.52. The highest BCUT2D eigenvalue weighted by Gasteiger charge is 2.73. The Kier molecular flexibility index (Phi) is 3.62. The first-order valence-electron chi connectivity index (χ1n) is 9.83. The van der Waals surface area contributed by atoms with E-state index < -0.39 is 0 Å². The molecule has 0 amide bonds. The minimum absolute atomic E-state index is 0.0126. The van der Waals surface area contributed by atoms with E-state index in [0.717, 1.165) is 57.8 Å². The summed E-state index contributed by atoms with van der Waals surface area (Å²) in [6, 6.07) is 0. The Bertz CT molecular complexity index is 505. The molecule has 4 rings (SSSR count). The van der Waals surface area contributed by atoms with Gasteiger partial charge in [-0.25, -0.2) is 0 Å². The van der Waals surface area contributed by atoms with Crippen molar-refractivity contribution in [2.45, 2.75) is 84.0 Å². The largest absolute Gasteiger partial charge is 0.466 e. The number of ketones is 1. The molecule has 3 nitrogen and oxygen atoms in total. The van der Waals surface area contributed by atoms with Crippen molar-refractivity contribution < 1.29 is 14.3 Å². The van der Waals surface area contributed by atoms with E-state index in [1.165, 1.54) is 19.3 Å². The van der Waals surface area contributed by atoms with Crippen molar-refractivity contribution in [1.29, 1.82) is 0 Å². The van der Waals surface area contributed by atoms with E-state index in [9.17, 15) is 9.59 Å². The average Bonchev–Trinajstić information content (AvgIpc) is 2.30. The fourth-order valence-electron chi connectivity index (χ4n) is 6.18. The zero-order chi connectivity index (χ0) is 16.1. The zero-order valence-electron chi connectivity index (χ0n) is 14.5. The van der Waals surface area contributed by atoms with Gasteiger partial charge >= 0.3 is 5.97 Å². The van der Waals surface area contributed by atoms with Crippen LogP contribution >= 0.6 is 0 Å². The number of carbonyl (C=O) groups is 2. The van der Waals surface area contributed by atoms with E-state index in [-0.39, 0.29) is 22.2 Å². The van der Waals surface area contributed by atoms with Crippen LogP contribution in [0.3, 0.4) is 0 Å². The summed E-state index contributed by atoms with van der Waals surface area (Å²) in [5, 5.41) is 0. The third-order valence-electron chi connectivity index (χ3n) is 8.07. The second-order valence-electron chi connectivity index (χ2n) is 8.52. The van der Waals surface area contributed by atoms with Crippen LogP contribution in [0, 0.1) is 22.2 Å². The summed E-state index contributed by atoms with van der Waals surface area (Å²) in [6.45, 7) is 2.36. The molecule has 0 aliphatic heterocycles. The molecule has 3 heteroatoms. The number of hydrogen-bond acceptors (Lipinski definition) is 3. The maximum Gasteiger partial charge on any atom is 0.312 e. The number of ether oxygens (including phenoxy) is 1. The predicted octanol–water partition coefficient (Wildman–Crippen LogP) is 4.43. The normalized spacial score (nSPS) is 30.1. The molecule has 0 radical (unpaired) electrons. The Labute approximate surface area is 139 Å². The molecular formula is C20H30O3. The van der Waals surface area contributed by atoms with Crippen molar-refractivity contribution in [1.82, 2.24) is 0 Å². The third kappa shape index (κ3) is 1.77. The quantitative estimate of drug-likeness (QED) is 0.680. The summed E-state index contributed by atoms with van der Waals surface area (Å²) in [6.07, 6.45) is 13.0. The van der Waals surface area contributed by atoms with Crippen LogP contribution in [0.1, 0.15) is 84.0 Å². The van der Waals surface area contributed by atoms with Crippen LogP contribution in [-0.2, 0) is 14.3 Å². The molecular weight excluding hydrogens is 288 g/mol. The highest BCUT2D eigenvalue weighted by Crippen LogP contribution is 2.75. The van der Waals surface area contributed by atoms with Gasteiger partial charge in [0.2, 0.25) is 0 Å². The van der Waals surface area contributed by atoms with Crippen LogP contribution in [0.2, 0.25) is 0 Å².